The van der Waals surface area contributed by atoms with Crippen molar-refractivity contribution >= 4 is 18.3 Å². The molecule has 1 aliphatic heterocycles. The van der Waals surface area contributed by atoms with Gasteiger partial charge in [-0.05, 0) is 50.2 Å². The molecule has 0 aromatic heterocycles. The molecule has 5 nitrogen and oxygen atoms in total. The number of carbonyl (C=O) groups is 1. The number of hydrogen-bond acceptors (Lipinski definition) is 4. The molecule has 0 saturated carbocycles. The van der Waals surface area contributed by atoms with E-state index in [-0.39, 0.29) is 24.9 Å². The molecule has 0 bridgehead atoms. The Bertz CT molecular complexity index is 434. The lowest BCUT2D eigenvalue weighted by Gasteiger charge is -2.26. The van der Waals surface area contributed by atoms with Gasteiger partial charge in [0.15, 0.2) is 6.61 Å². The summed E-state index contributed by atoms with van der Waals surface area (Å²) in [7, 11) is 1.62. The summed E-state index contributed by atoms with van der Waals surface area (Å²) in [5.41, 5.74) is 0. The maximum absolute atomic E-state index is 11.7. The van der Waals surface area contributed by atoms with Gasteiger partial charge in [-0.2, -0.15) is 0 Å². The lowest BCUT2D eigenvalue weighted by Crippen LogP contribution is -2.39. The van der Waals surface area contributed by atoms with Crippen molar-refractivity contribution in [2.45, 2.75) is 19.3 Å². The Labute approximate surface area is 138 Å². The van der Waals surface area contributed by atoms with Crippen LogP contribution in [0, 0.1) is 0 Å². The minimum Gasteiger partial charge on any atom is -0.497 e. The highest BCUT2D eigenvalue weighted by Crippen LogP contribution is 2.16. The Hall–Kier alpha value is -1.46. The van der Waals surface area contributed by atoms with Crippen molar-refractivity contribution in [1.82, 2.24) is 10.2 Å². The highest BCUT2D eigenvalue weighted by Gasteiger charge is 2.10. The quantitative estimate of drug-likeness (QED) is 0.833. The van der Waals surface area contributed by atoms with Gasteiger partial charge in [0.2, 0.25) is 0 Å². The Morgan fingerprint density at radius 1 is 1.14 bits per heavy atom. The average Bonchev–Trinajstić information content (AvgIpc) is 2.54. The smallest absolute Gasteiger partial charge is 0.257 e. The Morgan fingerprint density at radius 2 is 1.77 bits per heavy atom. The first-order valence-corrected chi connectivity index (χ1v) is 7.54. The minimum atomic E-state index is -0.0807. The van der Waals surface area contributed by atoms with Crippen molar-refractivity contribution in [3.63, 3.8) is 0 Å². The number of amides is 1. The zero-order valence-electron chi connectivity index (χ0n) is 13.0. The van der Waals surface area contributed by atoms with E-state index in [9.17, 15) is 4.79 Å². The van der Waals surface area contributed by atoms with Gasteiger partial charge in [0, 0.05) is 13.1 Å². The van der Waals surface area contributed by atoms with Gasteiger partial charge in [-0.25, -0.2) is 0 Å². The molecule has 0 aliphatic carbocycles. The molecule has 0 radical (unpaired) electrons. The minimum absolute atomic E-state index is 0. The molecular weight excluding hydrogens is 304 g/mol. The highest BCUT2D eigenvalue weighted by molar-refractivity contribution is 5.85. The molecule has 22 heavy (non-hydrogen) atoms. The van der Waals surface area contributed by atoms with E-state index >= 15 is 0 Å². The third-order valence-corrected chi connectivity index (χ3v) is 3.63. The summed E-state index contributed by atoms with van der Waals surface area (Å²) in [6.45, 7) is 3.96. The molecule has 1 saturated heterocycles. The summed E-state index contributed by atoms with van der Waals surface area (Å²) < 4.78 is 10.5. The van der Waals surface area contributed by atoms with Gasteiger partial charge in [0.25, 0.3) is 5.91 Å². The third kappa shape index (κ3) is 6.54. The van der Waals surface area contributed by atoms with Crippen LogP contribution in [0.25, 0.3) is 0 Å². The van der Waals surface area contributed by atoms with Crippen molar-refractivity contribution in [3.05, 3.63) is 24.3 Å². The van der Waals surface area contributed by atoms with Gasteiger partial charge in [-0.15, -0.1) is 12.4 Å². The molecule has 124 valence electrons. The molecule has 1 amide bonds. The van der Waals surface area contributed by atoms with Crippen molar-refractivity contribution in [3.8, 4) is 11.5 Å². The fourth-order valence-electron chi connectivity index (χ4n) is 2.41. The van der Waals surface area contributed by atoms with Crippen LogP contribution in [0.15, 0.2) is 24.3 Å². The second-order valence-corrected chi connectivity index (χ2v) is 5.22. The van der Waals surface area contributed by atoms with E-state index in [4.69, 9.17) is 9.47 Å². The predicted octanol–water partition coefficient (Wildman–Crippen LogP) is 2.10. The molecule has 1 fully saturated rings. The summed E-state index contributed by atoms with van der Waals surface area (Å²) in [4.78, 5) is 14.1. The fourth-order valence-corrected chi connectivity index (χ4v) is 2.41. The first-order chi connectivity index (χ1) is 10.3. The van der Waals surface area contributed by atoms with E-state index in [1.165, 1.54) is 19.3 Å². The number of likely N-dealkylation sites (tertiary alicyclic amines) is 1. The Balaban J connectivity index is 0.00000242. The van der Waals surface area contributed by atoms with Crippen LogP contribution in [0.4, 0.5) is 0 Å². The van der Waals surface area contributed by atoms with Crippen LogP contribution < -0.4 is 14.8 Å². The SMILES string of the molecule is COc1ccc(OCC(=O)NCCN2CCCCC2)cc1.Cl. The zero-order valence-corrected chi connectivity index (χ0v) is 13.9. The number of carbonyl (C=O) groups excluding carboxylic acids is 1. The van der Waals surface area contributed by atoms with Crippen molar-refractivity contribution in [2.24, 2.45) is 0 Å². The van der Waals surface area contributed by atoms with Crippen LogP contribution in [-0.4, -0.2) is 50.7 Å². The lowest BCUT2D eigenvalue weighted by molar-refractivity contribution is -0.123. The maximum Gasteiger partial charge on any atom is 0.257 e. The van der Waals surface area contributed by atoms with Crippen LogP contribution in [0.2, 0.25) is 0 Å². The molecular formula is C16H25ClN2O3. The Kier molecular flexibility index (Phi) is 8.70. The normalized spacial score (nSPS) is 14.8. The molecule has 1 heterocycles. The molecule has 2 rings (SSSR count). The molecule has 0 unspecified atom stereocenters. The predicted molar refractivity (Wildman–Crippen MR) is 89.0 cm³/mol. The van der Waals surface area contributed by atoms with Crippen LogP contribution in [0.3, 0.4) is 0 Å². The van der Waals surface area contributed by atoms with Gasteiger partial charge >= 0.3 is 0 Å². The second-order valence-electron chi connectivity index (χ2n) is 5.22. The van der Waals surface area contributed by atoms with Crippen LogP contribution >= 0.6 is 12.4 Å². The number of nitrogens with one attached hydrogen (secondary N) is 1. The van der Waals surface area contributed by atoms with Crippen LogP contribution in [0.5, 0.6) is 11.5 Å². The van der Waals surface area contributed by atoms with Crippen molar-refractivity contribution < 1.29 is 14.3 Å². The number of halogens is 1. The second kappa shape index (κ2) is 10.3. The Morgan fingerprint density at radius 3 is 2.41 bits per heavy atom. The summed E-state index contributed by atoms with van der Waals surface area (Å²) in [6, 6.07) is 7.20. The largest absolute Gasteiger partial charge is 0.497 e. The molecule has 0 spiro atoms. The van der Waals surface area contributed by atoms with E-state index in [1.54, 1.807) is 19.2 Å². The van der Waals surface area contributed by atoms with Gasteiger partial charge in [-0.1, -0.05) is 6.42 Å². The summed E-state index contributed by atoms with van der Waals surface area (Å²) in [5.74, 6) is 1.36. The zero-order chi connectivity index (χ0) is 14.9. The summed E-state index contributed by atoms with van der Waals surface area (Å²) in [5, 5.41) is 2.89. The molecule has 1 aromatic rings. The topological polar surface area (TPSA) is 50.8 Å². The lowest BCUT2D eigenvalue weighted by atomic mass is 10.1. The van der Waals surface area contributed by atoms with Crippen LogP contribution in [0.1, 0.15) is 19.3 Å². The van der Waals surface area contributed by atoms with E-state index in [0.29, 0.717) is 12.3 Å². The van der Waals surface area contributed by atoms with Crippen molar-refractivity contribution in [1.29, 1.82) is 0 Å². The number of ether oxygens (including phenoxy) is 2. The first-order valence-electron chi connectivity index (χ1n) is 7.54. The van der Waals surface area contributed by atoms with Gasteiger partial charge in [0.05, 0.1) is 7.11 Å². The van der Waals surface area contributed by atoms with Gasteiger partial charge in [0.1, 0.15) is 11.5 Å². The fraction of sp³-hybridized carbons (Fsp3) is 0.562. The average molecular weight is 329 g/mol. The van der Waals surface area contributed by atoms with Gasteiger partial charge < -0.3 is 19.7 Å². The molecule has 1 aliphatic rings. The molecule has 0 atom stereocenters. The number of piperidine rings is 1. The summed E-state index contributed by atoms with van der Waals surface area (Å²) >= 11 is 0. The van der Waals surface area contributed by atoms with Gasteiger partial charge in [-0.3, -0.25) is 4.79 Å². The number of rotatable bonds is 7. The van der Waals surface area contributed by atoms with E-state index in [1.807, 2.05) is 12.1 Å². The van der Waals surface area contributed by atoms with E-state index < -0.39 is 0 Å². The maximum atomic E-state index is 11.7. The number of benzene rings is 1. The highest BCUT2D eigenvalue weighted by atomic mass is 35.5. The molecule has 1 N–H and O–H groups in total. The number of nitrogens with zero attached hydrogens (tertiary/aromatic N) is 1. The first kappa shape index (κ1) is 18.6. The third-order valence-electron chi connectivity index (χ3n) is 3.63. The molecule has 6 heteroatoms. The number of hydrogen-bond donors (Lipinski definition) is 1. The van der Waals surface area contributed by atoms with Crippen molar-refractivity contribution in [2.75, 3.05) is 39.9 Å². The monoisotopic (exact) mass is 328 g/mol. The molecule has 1 aromatic carbocycles. The van der Waals surface area contributed by atoms with E-state index in [0.717, 1.165) is 25.4 Å². The standard InChI is InChI=1S/C16H24N2O3.ClH/c1-20-14-5-7-15(8-6-14)21-13-16(19)17-9-12-18-10-3-2-4-11-18;/h5-8H,2-4,9-13H2,1H3,(H,17,19);1H. The number of methoxy groups -OCH3 is 1. The van der Waals surface area contributed by atoms with Crippen LogP contribution in [-0.2, 0) is 4.79 Å². The van der Waals surface area contributed by atoms with E-state index in [2.05, 4.69) is 10.2 Å². The summed E-state index contributed by atoms with van der Waals surface area (Å²) in [6.07, 6.45) is 3.88.